The van der Waals surface area contributed by atoms with Crippen LogP contribution in [0, 0.1) is 0 Å². The minimum absolute atomic E-state index is 0.0515. The molecule has 2 amide bonds. The number of carbonyl (C=O) groups is 2. The summed E-state index contributed by atoms with van der Waals surface area (Å²) in [5, 5.41) is 1.01. The fourth-order valence-corrected chi connectivity index (χ4v) is 4.43. The van der Waals surface area contributed by atoms with Crippen molar-refractivity contribution in [3.63, 3.8) is 0 Å². The smallest absolute Gasteiger partial charge is 0.254 e. The van der Waals surface area contributed by atoms with Gasteiger partial charge in [-0.05, 0) is 29.7 Å². The quantitative estimate of drug-likeness (QED) is 0.795. The second kappa shape index (κ2) is 7.74. The van der Waals surface area contributed by atoms with E-state index in [2.05, 4.69) is 17.1 Å². The van der Waals surface area contributed by atoms with Crippen molar-refractivity contribution in [2.75, 3.05) is 23.7 Å². The van der Waals surface area contributed by atoms with Gasteiger partial charge in [-0.2, -0.15) is 0 Å². The van der Waals surface area contributed by atoms with E-state index in [1.807, 2.05) is 29.2 Å². The number of thioether (sulfide) groups is 1. The monoisotopic (exact) mass is 399 g/mol. The van der Waals surface area contributed by atoms with Gasteiger partial charge in [0.1, 0.15) is 6.54 Å². The maximum atomic E-state index is 12.7. The largest absolute Gasteiger partial charge is 0.337 e. The van der Waals surface area contributed by atoms with E-state index in [0.717, 1.165) is 13.0 Å². The SMILES string of the molecule is O=C(CSC1=NCC(=O)N1c1ccccc1Cl)N1CCc2ccccc2C1. The van der Waals surface area contributed by atoms with Crippen LogP contribution >= 0.6 is 23.4 Å². The summed E-state index contributed by atoms with van der Waals surface area (Å²) in [7, 11) is 0. The van der Waals surface area contributed by atoms with Crippen LogP contribution in [0.15, 0.2) is 53.5 Å². The first-order valence-electron chi connectivity index (χ1n) is 8.73. The second-order valence-electron chi connectivity index (χ2n) is 6.40. The van der Waals surface area contributed by atoms with Gasteiger partial charge in [-0.3, -0.25) is 19.5 Å². The minimum Gasteiger partial charge on any atom is -0.337 e. The number of halogens is 1. The molecule has 0 saturated heterocycles. The fraction of sp³-hybridized carbons (Fsp3) is 0.250. The van der Waals surface area contributed by atoms with Gasteiger partial charge in [0.2, 0.25) is 5.91 Å². The van der Waals surface area contributed by atoms with E-state index in [0.29, 0.717) is 22.4 Å². The molecule has 5 nitrogen and oxygen atoms in total. The first kappa shape index (κ1) is 18.1. The third-order valence-corrected chi connectivity index (χ3v) is 5.97. The van der Waals surface area contributed by atoms with E-state index < -0.39 is 0 Å². The van der Waals surface area contributed by atoms with Crippen molar-refractivity contribution < 1.29 is 9.59 Å². The number of nitrogens with zero attached hydrogens (tertiary/aromatic N) is 3. The van der Waals surface area contributed by atoms with E-state index in [-0.39, 0.29) is 24.1 Å². The fourth-order valence-electron chi connectivity index (χ4n) is 3.29. The molecule has 0 bridgehead atoms. The summed E-state index contributed by atoms with van der Waals surface area (Å²) >= 11 is 7.52. The maximum absolute atomic E-state index is 12.7. The summed E-state index contributed by atoms with van der Waals surface area (Å²) in [5.41, 5.74) is 3.12. The van der Waals surface area contributed by atoms with Crippen LogP contribution in [0.1, 0.15) is 11.1 Å². The minimum atomic E-state index is -0.134. The zero-order valence-electron chi connectivity index (χ0n) is 14.6. The van der Waals surface area contributed by atoms with Crippen molar-refractivity contribution in [2.45, 2.75) is 13.0 Å². The lowest BCUT2D eigenvalue weighted by Gasteiger charge is -2.29. The molecule has 0 saturated carbocycles. The molecule has 2 aliphatic rings. The normalized spacial score (nSPS) is 16.3. The number of hydrogen-bond acceptors (Lipinski definition) is 4. The molecule has 138 valence electrons. The zero-order valence-corrected chi connectivity index (χ0v) is 16.2. The number of aliphatic imine (C=N–C) groups is 1. The standard InChI is InChI=1S/C20H18ClN3O2S/c21-16-7-3-4-8-17(16)24-18(25)11-22-20(24)27-13-19(26)23-10-9-14-5-1-2-6-15(14)12-23/h1-8H,9-13H2. The third kappa shape index (κ3) is 3.73. The highest BCUT2D eigenvalue weighted by Gasteiger charge is 2.30. The zero-order chi connectivity index (χ0) is 18.8. The molecule has 2 aromatic carbocycles. The molecule has 0 radical (unpaired) electrons. The molecule has 0 spiro atoms. The molecule has 2 aliphatic heterocycles. The summed E-state index contributed by atoms with van der Waals surface area (Å²) in [6.07, 6.45) is 0.873. The Labute approximate surface area is 167 Å². The van der Waals surface area contributed by atoms with E-state index in [9.17, 15) is 9.59 Å². The number of rotatable bonds is 3. The van der Waals surface area contributed by atoms with Gasteiger partial charge in [-0.1, -0.05) is 59.8 Å². The predicted octanol–water partition coefficient (Wildman–Crippen LogP) is 3.36. The van der Waals surface area contributed by atoms with Crippen molar-refractivity contribution in [3.05, 3.63) is 64.7 Å². The average molecular weight is 400 g/mol. The van der Waals surface area contributed by atoms with Gasteiger partial charge < -0.3 is 4.90 Å². The molecule has 2 aromatic rings. The van der Waals surface area contributed by atoms with E-state index in [1.165, 1.54) is 27.8 Å². The van der Waals surface area contributed by atoms with Crippen LogP contribution in [-0.2, 0) is 22.6 Å². The number of amides is 2. The molecule has 0 fully saturated rings. The van der Waals surface area contributed by atoms with E-state index >= 15 is 0 Å². The van der Waals surface area contributed by atoms with E-state index in [4.69, 9.17) is 11.6 Å². The van der Waals surface area contributed by atoms with Crippen LogP contribution in [0.2, 0.25) is 5.02 Å². The Morgan fingerprint density at radius 2 is 1.85 bits per heavy atom. The molecule has 0 atom stereocenters. The molecular formula is C20H18ClN3O2S. The highest BCUT2D eigenvalue weighted by molar-refractivity contribution is 8.14. The lowest BCUT2D eigenvalue weighted by molar-refractivity contribution is -0.129. The third-order valence-electron chi connectivity index (χ3n) is 4.69. The topological polar surface area (TPSA) is 53.0 Å². The Bertz CT molecular complexity index is 931. The van der Waals surface area contributed by atoms with E-state index in [1.54, 1.807) is 12.1 Å². The number of anilines is 1. The summed E-state index contributed by atoms with van der Waals surface area (Å²) in [6.45, 7) is 1.43. The summed E-state index contributed by atoms with van der Waals surface area (Å²) in [4.78, 5) is 32.6. The predicted molar refractivity (Wildman–Crippen MR) is 109 cm³/mol. The molecule has 4 rings (SSSR count). The molecular weight excluding hydrogens is 382 g/mol. The lowest BCUT2D eigenvalue weighted by Crippen LogP contribution is -2.38. The summed E-state index contributed by atoms with van der Waals surface area (Å²) in [5.74, 6) is 0.163. The molecule has 27 heavy (non-hydrogen) atoms. The summed E-state index contributed by atoms with van der Waals surface area (Å²) < 4.78 is 0. The van der Waals surface area contributed by atoms with Crippen molar-refractivity contribution in [1.82, 2.24) is 4.90 Å². The molecule has 0 unspecified atom stereocenters. The molecule has 0 N–H and O–H groups in total. The van der Waals surface area contributed by atoms with Crippen LogP contribution in [-0.4, -0.2) is 40.7 Å². The van der Waals surface area contributed by atoms with Crippen LogP contribution in [0.3, 0.4) is 0 Å². The van der Waals surface area contributed by atoms with Crippen molar-refractivity contribution in [3.8, 4) is 0 Å². The number of benzene rings is 2. The first-order valence-corrected chi connectivity index (χ1v) is 10.1. The first-order chi connectivity index (χ1) is 13.1. The number of para-hydroxylation sites is 1. The summed E-state index contributed by atoms with van der Waals surface area (Å²) in [6, 6.07) is 15.4. The number of carbonyl (C=O) groups excluding carboxylic acids is 2. The maximum Gasteiger partial charge on any atom is 0.254 e. The van der Waals surface area contributed by atoms with Crippen LogP contribution in [0.25, 0.3) is 0 Å². The van der Waals surface area contributed by atoms with Crippen molar-refractivity contribution >= 4 is 46.0 Å². The Balaban J connectivity index is 1.42. The Morgan fingerprint density at radius 3 is 2.67 bits per heavy atom. The Kier molecular flexibility index (Phi) is 5.18. The van der Waals surface area contributed by atoms with Crippen molar-refractivity contribution in [1.29, 1.82) is 0 Å². The van der Waals surface area contributed by atoms with Crippen molar-refractivity contribution in [2.24, 2.45) is 4.99 Å². The van der Waals surface area contributed by atoms with Crippen LogP contribution in [0.4, 0.5) is 5.69 Å². The molecule has 0 aliphatic carbocycles. The molecule has 0 aromatic heterocycles. The van der Waals surface area contributed by atoms with Gasteiger partial charge in [0.25, 0.3) is 5.91 Å². The molecule has 7 heteroatoms. The van der Waals surface area contributed by atoms with Crippen LogP contribution in [0.5, 0.6) is 0 Å². The van der Waals surface area contributed by atoms with Gasteiger partial charge in [0, 0.05) is 13.1 Å². The molecule has 2 heterocycles. The highest BCUT2D eigenvalue weighted by atomic mass is 35.5. The van der Waals surface area contributed by atoms with Gasteiger partial charge in [-0.25, -0.2) is 0 Å². The number of fused-ring (bicyclic) bond motifs is 1. The number of hydrogen-bond donors (Lipinski definition) is 0. The lowest BCUT2D eigenvalue weighted by atomic mass is 10.00. The van der Waals surface area contributed by atoms with Gasteiger partial charge in [0.05, 0.1) is 16.5 Å². The highest BCUT2D eigenvalue weighted by Crippen LogP contribution is 2.30. The Morgan fingerprint density at radius 1 is 1.11 bits per heavy atom. The van der Waals surface area contributed by atoms with Crippen LogP contribution < -0.4 is 4.90 Å². The van der Waals surface area contributed by atoms with Gasteiger partial charge in [0.15, 0.2) is 5.17 Å². The second-order valence-corrected chi connectivity index (χ2v) is 7.75. The van der Waals surface area contributed by atoms with Gasteiger partial charge >= 0.3 is 0 Å². The van der Waals surface area contributed by atoms with Gasteiger partial charge in [-0.15, -0.1) is 0 Å². The average Bonchev–Trinajstić information content (AvgIpc) is 3.06. The Hall–Kier alpha value is -2.31. The number of amidine groups is 1.